The Hall–Kier alpha value is -2.16. The molecule has 0 bridgehead atoms. The van der Waals surface area contributed by atoms with Crippen molar-refractivity contribution in [2.45, 2.75) is 44.8 Å². The van der Waals surface area contributed by atoms with E-state index in [0.717, 1.165) is 24.0 Å². The molecule has 1 fully saturated rings. The molecule has 5 heteroatoms. The minimum absolute atomic E-state index is 0.0951. The van der Waals surface area contributed by atoms with Crippen molar-refractivity contribution in [3.8, 4) is 12.3 Å². The predicted octanol–water partition coefficient (Wildman–Crippen LogP) is 2.11. The number of carbonyl (C=O) groups excluding carboxylic acids is 1. The number of hydrogen-bond donors (Lipinski definition) is 1. The molecule has 1 aromatic heterocycles. The third-order valence-electron chi connectivity index (χ3n) is 5.25. The number of Topliss-reactive ketones (excluding diaryl/α,β-unsaturated/α-hetero) is 1. The van der Waals surface area contributed by atoms with Crippen LogP contribution in [0.4, 0.5) is 0 Å². The molecule has 2 heterocycles. The Kier molecular flexibility index (Phi) is 4.32. The van der Waals surface area contributed by atoms with Crippen molar-refractivity contribution >= 4 is 11.5 Å². The molecule has 0 amide bonds. The van der Waals surface area contributed by atoms with Gasteiger partial charge >= 0.3 is 0 Å². The Labute approximate surface area is 150 Å². The van der Waals surface area contributed by atoms with E-state index in [-0.39, 0.29) is 23.5 Å². The molecule has 1 aliphatic heterocycles. The van der Waals surface area contributed by atoms with E-state index < -0.39 is 6.08 Å². The van der Waals surface area contributed by atoms with Gasteiger partial charge < -0.3 is 14.7 Å². The molecule has 0 aromatic carbocycles. The van der Waals surface area contributed by atoms with E-state index in [4.69, 9.17) is 12.5 Å². The van der Waals surface area contributed by atoms with Crippen LogP contribution in [0.2, 0.25) is 0 Å². The monoisotopic (exact) mass is 341 g/mol. The molecule has 2 aliphatic rings. The maximum Gasteiger partial charge on any atom is 0.177 e. The zero-order chi connectivity index (χ0) is 19.1. The molecular formula is C20H24N2O3. The standard InChI is InChI=1S/C20H24N2O3/c1-5-15-18(24)10-14-12-21-17(13(2)23)11-16(14)19(15)22-8-6-20(3,25-4)7-9-22/h1,11-13,23H,6-10H2,2-4H3/t13-/m0/s1/i13D. The number of likely N-dealkylation sites (tertiary alicyclic amines) is 1. The van der Waals surface area contributed by atoms with Gasteiger partial charge in [-0.15, -0.1) is 6.42 Å². The second kappa shape index (κ2) is 6.62. The van der Waals surface area contributed by atoms with Crippen molar-refractivity contribution < 1.29 is 16.0 Å². The molecular weight excluding hydrogens is 316 g/mol. The van der Waals surface area contributed by atoms with Crippen molar-refractivity contribution in [3.05, 3.63) is 34.7 Å². The summed E-state index contributed by atoms with van der Waals surface area (Å²) < 4.78 is 13.5. The number of fused-ring (bicyclic) bond motifs is 1. The Morgan fingerprint density at radius 2 is 2.20 bits per heavy atom. The first-order chi connectivity index (χ1) is 12.2. The molecule has 1 aliphatic carbocycles. The van der Waals surface area contributed by atoms with Gasteiger partial charge in [-0.3, -0.25) is 9.78 Å². The van der Waals surface area contributed by atoms with Crippen LogP contribution in [0.15, 0.2) is 17.8 Å². The zero-order valence-electron chi connectivity index (χ0n) is 15.9. The largest absolute Gasteiger partial charge is 0.387 e. The van der Waals surface area contributed by atoms with Gasteiger partial charge in [-0.1, -0.05) is 5.92 Å². The smallest absolute Gasteiger partial charge is 0.177 e. The van der Waals surface area contributed by atoms with Crippen molar-refractivity contribution in [2.75, 3.05) is 20.2 Å². The van der Waals surface area contributed by atoms with Crippen LogP contribution in [0.25, 0.3) is 5.70 Å². The fourth-order valence-electron chi connectivity index (χ4n) is 3.46. The first kappa shape index (κ1) is 16.3. The lowest BCUT2D eigenvalue weighted by molar-refractivity contribution is -0.114. The molecule has 0 saturated carbocycles. The third kappa shape index (κ3) is 3.20. The second-order valence-corrected chi connectivity index (χ2v) is 6.92. The predicted molar refractivity (Wildman–Crippen MR) is 95.6 cm³/mol. The average Bonchev–Trinajstić information content (AvgIpc) is 2.60. The molecule has 132 valence electrons. The van der Waals surface area contributed by atoms with Crippen molar-refractivity contribution in [3.63, 3.8) is 0 Å². The van der Waals surface area contributed by atoms with E-state index in [1.165, 1.54) is 6.92 Å². The second-order valence-electron chi connectivity index (χ2n) is 6.92. The van der Waals surface area contributed by atoms with Gasteiger partial charge in [0.1, 0.15) is 0 Å². The highest BCUT2D eigenvalue weighted by Crippen LogP contribution is 2.36. The number of piperidine rings is 1. The van der Waals surface area contributed by atoms with Crippen LogP contribution in [-0.4, -0.2) is 46.6 Å². The van der Waals surface area contributed by atoms with Gasteiger partial charge in [-0.05, 0) is 38.3 Å². The number of carbonyl (C=O) groups is 1. The number of nitrogens with zero attached hydrogens (tertiary/aromatic N) is 2. The van der Waals surface area contributed by atoms with Crippen molar-refractivity contribution in [1.82, 2.24) is 9.88 Å². The lowest BCUT2D eigenvalue weighted by Crippen LogP contribution is -2.43. The van der Waals surface area contributed by atoms with Gasteiger partial charge in [0.2, 0.25) is 0 Å². The first-order valence-corrected chi connectivity index (χ1v) is 8.45. The van der Waals surface area contributed by atoms with Gasteiger partial charge in [-0.25, -0.2) is 0 Å². The van der Waals surface area contributed by atoms with Crippen LogP contribution >= 0.6 is 0 Å². The molecule has 1 N–H and O–H groups in total. The summed E-state index contributed by atoms with van der Waals surface area (Å²) in [6.45, 7) is 4.88. The topological polar surface area (TPSA) is 62.7 Å². The summed E-state index contributed by atoms with van der Waals surface area (Å²) in [7, 11) is 1.72. The lowest BCUT2D eigenvalue weighted by atomic mass is 9.86. The first-order valence-electron chi connectivity index (χ1n) is 8.95. The molecule has 5 nitrogen and oxygen atoms in total. The summed E-state index contributed by atoms with van der Waals surface area (Å²) in [5.41, 5.74) is 2.69. The minimum Gasteiger partial charge on any atom is -0.387 e. The number of hydrogen-bond acceptors (Lipinski definition) is 5. The molecule has 1 atom stereocenters. The molecule has 1 saturated heterocycles. The molecule has 3 rings (SSSR count). The maximum absolute atomic E-state index is 12.5. The van der Waals surface area contributed by atoms with Crippen LogP contribution in [0.3, 0.4) is 0 Å². The highest BCUT2D eigenvalue weighted by Gasteiger charge is 2.35. The molecule has 0 unspecified atom stereocenters. The van der Waals surface area contributed by atoms with E-state index >= 15 is 0 Å². The molecule has 1 aromatic rings. The van der Waals surface area contributed by atoms with Crippen LogP contribution in [0, 0.1) is 12.3 Å². The lowest BCUT2D eigenvalue weighted by Gasteiger charge is -2.41. The van der Waals surface area contributed by atoms with Gasteiger partial charge in [0.15, 0.2) is 5.78 Å². The highest BCUT2D eigenvalue weighted by molar-refractivity contribution is 6.10. The van der Waals surface area contributed by atoms with Gasteiger partial charge in [0, 0.05) is 38.4 Å². The molecule has 0 spiro atoms. The Morgan fingerprint density at radius 1 is 1.52 bits per heavy atom. The molecule has 0 radical (unpaired) electrons. The summed E-state index contributed by atoms with van der Waals surface area (Å²) in [4.78, 5) is 18.8. The summed E-state index contributed by atoms with van der Waals surface area (Å²) in [5.74, 6) is 2.47. The number of aromatic nitrogens is 1. The van der Waals surface area contributed by atoms with Crippen molar-refractivity contribution in [1.29, 1.82) is 0 Å². The van der Waals surface area contributed by atoms with Crippen molar-refractivity contribution in [2.24, 2.45) is 0 Å². The summed E-state index contributed by atoms with van der Waals surface area (Å²) >= 11 is 0. The van der Waals surface area contributed by atoms with Crippen LogP contribution in [0.1, 0.15) is 51.0 Å². The Bertz CT molecular complexity index is 809. The van der Waals surface area contributed by atoms with E-state index in [2.05, 4.69) is 22.7 Å². The third-order valence-corrected chi connectivity index (χ3v) is 5.25. The zero-order valence-corrected chi connectivity index (χ0v) is 14.9. The van der Waals surface area contributed by atoms with Gasteiger partial charge in [-0.2, -0.15) is 0 Å². The van der Waals surface area contributed by atoms with E-state index in [1.807, 2.05) is 0 Å². The number of aliphatic hydroxyl groups is 1. The van der Waals surface area contributed by atoms with Gasteiger partial charge in [0.05, 0.1) is 30.0 Å². The fourth-order valence-corrected chi connectivity index (χ4v) is 3.46. The van der Waals surface area contributed by atoms with E-state index in [0.29, 0.717) is 24.4 Å². The number of methoxy groups -OCH3 is 1. The number of allylic oxidation sites excluding steroid dienone is 1. The number of terminal acetylenes is 1. The van der Waals surface area contributed by atoms with Crippen LogP contribution in [-0.2, 0) is 16.0 Å². The quantitative estimate of drug-likeness (QED) is 0.853. The van der Waals surface area contributed by atoms with E-state index in [1.54, 1.807) is 19.4 Å². The fraction of sp³-hybridized carbons (Fsp3) is 0.500. The summed E-state index contributed by atoms with van der Waals surface area (Å²) in [5, 5.41) is 10.0. The summed E-state index contributed by atoms with van der Waals surface area (Å²) in [6, 6.07) is 1.69. The average molecular weight is 341 g/mol. The summed E-state index contributed by atoms with van der Waals surface area (Å²) in [6.07, 6.45) is 7.26. The van der Waals surface area contributed by atoms with Crippen LogP contribution < -0.4 is 0 Å². The Morgan fingerprint density at radius 3 is 2.76 bits per heavy atom. The Balaban J connectivity index is 2.07. The van der Waals surface area contributed by atoms with E-state index in [9.17, 15) is 9.90 Å². The number of ketones is 1. The number of pyridine rings is 1. The number of rotatable bonds is 3. The van der Waals surface area contributed by atoms with Crippen LogP contribution in [0.5, 0.6) is 0 Å². The minimum atomic E-state index is -1.81. The maximum atomic E-state index is 12.5. The molecule has 25 heavy (non-hydrogen) atoms. The highest BCUT2D eigenvalue weighted by atomic mass is 16.5. The van der Waals surface area contributed by atoms with Gasteiger partial charge in [0.25, 0.3) is 0 Å². The SMILES string of the molecule is [2H][C@@](C)(O)c1cc2c(cn1)CC(=O)C(C#C)=C2N1CCC(C)(OC)CC1. The number of ether oxygens (including phenoxy) is 1. The normalized spacial score (nSPS) is 22.8.